The fourth-order valence-electron chi connectivity index (χ4n) is 2.07. The van der Waals surface area contributed by atoms with E-state index in [1.807, 2.05) is 0 Å². The molecular weight excluding hydrogens is 289 g/mol. The van der Waals surface area contributed by atoms with Gasteiger partial charge in [-0.1, -0.05) is 0 Å². The SMILES string of the molecule is O=C(Cn1ccc(C(F)(F)F)n1)N[C@H]1CCCCNC1=O. The first-order chi connectivity index (χ1) is 9.86. The second kappa shape index (κ2) is 6.15. The van der Waals surface area contributed by atoms with Crippen molar-refractivity contribution < 1.29 is 22.8 Å². The van der Waals surface area contributed by atoms with E-state index in [1.165, 1.54) is 0 Å². The van der Waals surface area contributed by atoms with E-state index in [0.717, 1.165) is 29.8 Å². The van der Waals surface area contributed by atoms with E-state index in [9.17, 15) is 22.8 Å². The molecule has 0 spiro atoms. The minimum atomic E-state index is -4.54. The highest BCUT2D eigenvalue weighted by Crippen LogP contribution is 2.27. The summed E-state index contributed by atoms with van der Waals surface area (Å²) in [7, 11) is 0. The van der Waals surface area contributed by atoms with Crippen LogP contribution in [0.3, 0.4) is 0 Å². The van der Waals surface area contributed by atoms with Crippen LogP contribution in [-0.4, -0.2) is 34.2 Å². The van der Waals surface area contributed by atoms with E-state index in [1.54, 1.807) is 0 Å². The summed E-state index contributed by atoms with van der Waals surface area (Å²) in [5.74, 6) is -0.814. The predicted molar refractivity (Wildman–Crippen MR) is 66.0 cm³/mol. The fraction of sp³-hybridized carbons (Fsp3) is 0.583. The van der Waals surface area contributed by atoms with Crippen LogP contribution in [0.1, 0.15) is 25.0 Å². The first-order valence-corrected chi connectivity index (χ1v) is 6.54. The summed E-state index contributed by atoms with van der Waals surface area (Å²) in [5, 5.41) is 8.46. The van der Waals surface area contributed by atoms with Gasteiger partial charge in [-0.05, 0) is 25.3 Å². The lowest BCUT2D eigenvalue weighted by Gasteiger charge is -2.15. The van der Waals surface area contributed by atoms with E-state index >= 15 is 0 Å². The van der Waals surface area contributed by atoms with Crippen LogP contribution in [0, 0.1) is 0 Å². The van der Waals surface area contributed by atoms with Crippen molar-refractivity contribution in [1.82, 2.24) is 20.4 Å². The number of aromatic nitrogens is 2. The third-order valence-electron chi connectivity index (χ3n) is 3.11. The Labute approximate surface area is 118 Å². The van der Waals surface area contributed by atoms with Gasteiger partial charge in [0.1, 0.15) is 12.6 Å². The van der Waals surface area contributed by atoms with Crippen LogP contribution in [0.2, 0.25) is 0 Å². The lowest BCUT2D eigenvalue weighted by atomic mass is 10.1. The molecule has 2 heterocycles. The van der Waals surface area contributed by atoms with Gasteiger partial charge in [0.15, 0.2) is 5.69 Å². The van der Waals surface area contributed by atoms with Crippen LogP contribution in [-0.2, 0) is 22.3 Å². The van der Waals surface area contributed by atoms with Gasteiger partial charge in [-0.15, -0.1) is 0 Å². The Balaban J connectivity index is 1.92. The molecule has 116 valence electrons. The number of rotatable bonds is 3. The predicted octanol–water partition coefficient (Wildman–Crippen LogP) is 0.687. The van der Waals surface area contributed by atoms with Crippen molar-refractivity contribution in [2.24, 2.45) is 0 Å². The van der Waals surface area contributed by atoms with Crippen molar-refractivity contribution in [2.75, 3.05) is 6.54 Å². The third kappa shape index (κ3) is 4.20. The van der Waals surface area contributed by atoms with Crippen molar-refractivity contribution in [1.29, 1.82) is 0 Å². The number of amides is 2. The first-order valence-electron chi connectivity index (χ1n) is 6.54. The van der Waals surface area contributed by atoms with Gasteiger partial charge in [0.2, 0.25) is 11.8 Å². The van der Waals surface area contributed by atoms with Crippen LogP contribution in [0.25, 0.3) is 0 Å². The zero-order valence-corrected chi connectivity index (χ0v) is 11.1. The summed E-state index contributed by atoms with van der Waals surface area (Å²) < 4.78 is 38.0. The Morgan fingerprint density at radius 2 is 2.24 bits per heavy atom. The van der Waals surface area contributed by atoms with Crippen molar-refractivity contribution in [3.05, 3.63) is 18.0 Å². The maximum Gasteiger partial charge on any atom is 0.435 e. The lowest BCUT2D eigenvalue weighted by Crippen LogP contribution is -2.46. The second-order valence-corrected chi connectivity index (χ2v) is 4.80. The second-order valence-electron chi connectivity index (χ2n) is 4.80. The van der Waals surface area contributed by atoms with Crippen molar-refractivity contribution in [3.63, 3.8) is 0 Å². The highest BCUT2D eigenvalue weighted by atomic mass is 19.4. The molecule has 1 atom stereocenters. The molecule has 1 aromatic heterocycles. The minimum Gasteiger partial charge on any atom is -0.354 e. The maximum atomic E-state index is 12.4. The highest BCUT2D eigenvalue weighted by molar-refractivity contribution is 5.87. The third-order valence-corrected chi connectivity index (χ3v) is 3.11. The molecule has 1 aromatic rings. The van der Waals surface area contributed by atoms with E-state index in [0.29, 0.717) is 13.0 Å². The standard InChI is InChI=1S/C12H15F3N4O2/c13-12(14,15)9-4-6-19(18-9)7-10(20)17-8-3-1-2-5-16-11(8)21/h4,6,8H,1-3,5,7H2,(H,16,21)(H,17,20)/t8-/m0/s1. The number of halogens is 3. The van der Waals surface area contributed by atoms with Gasteiger partial charge in [-0.3, -0.25) is 14.3 Å². The molecule has 9 heteroatoms. The Morgan fingerprint density at radius 3 is 2.90 bits per heavy atom. The number of carbonyl (C=O) groups is 2. The molecule has 6 nitrogen and oxygen atoms in total. The molecule has 2 N–H and O–H groups in total. The Hall–Kier alpha value is -2.06. The Kier molecular flexibility index (Phi) is 4.49. The molecule has 2 rings (SSSR count). The van der Waals surface area contributed by atoms with Gasteiger partial charge in [0.25, 0.3) is 0 Å². The van der Waals surface area contributed by atoms with Crippen LogP contribution in [0.5, 0.6) is 0 Å². The first kappa shape index (κ1) is 15.3. The molecule has 0 bridgehead atoms. The van der Waals surface area contributed by atoms with Crippen molar-refractivity contribution in [3.8, 4) is 0 Å². The summed E-state index contributed by atoms with van der Waals surface area (Å²) in [6.45, 7) is 0.208. The zero-order valence-electron chi connectivity index (χ0n) is 11.1. The number of hydrogen-bond acceptors (Lipinski definition) is 3. The van der Waals surface area contributed by atoms with Gasteiger partial charge in [0, 0.05) is 12.7 Å². The molecule has 1 aliphatic rings. The largest absolute Gasteiger partial charge is 0.435 e. The van der Waals surface area contributed by atoms with Gasteiger partial charge in [0.05, 0.1) is 0 Å². The maximum absolute atomic E-state index is 12.4. The molecule has 0 saturated carbocycles. The molecule has 21 heavy (non-hydrogen) atoms. The van der Waals surface area contributed by atoms with Gasteiger partial charge < -0.3 is 10.6 Å². The average molecular weight is 304 g/mol. The number of alkyl halides is 3. The Morgan fingerprint density at radius 1 is 1.48 bits per heavy atom. The number of carbonyl (C=O) groups excluding carboxylic acids is 2. The van der Waals surface area contributed by atoms with Crippen LogP contribution >= 0.6 is 0 Å². The summed E-state index contributed by atoms with van der Waals surface area (Å²) in [4.78, 5) is 23.4. The van der Waals surface area contributed by atoms with Crippen molar-refractivity contribution in [2.45, 2.75) is 38.0 Å². The van der Waals surface area contributed by atoms with Gasteiger partial charge in [-0.25, -0.2) is 0 Å². The van der Waals surface area contributed by atoms with E-state index in [2.05, 4.69) is 15.7 Å². The molecule has 0 aliphatic carbocycles. The average Bonchev–Trinajstić information content (AvgIpc) is 2.76. The Bertz CT molecular complexity index is 527. The summed E-state index contributed by atoms with van der Waals surface area (Å²) in [6, 6.07) is 0.156. The summed E-state index contributed by atoms with van der Waals surface area (Å²) in [6.07, 6.45) is -1.31. The lowest BCUT2D eigenvalue weighted by molar-refractivity contribution is -0.141. The van der Waals surface area contributed by atoms with Crippen LogP contribution in [0.4, 0.5) is 13.2 Å². The molecule has 1 saturated heterocycles. The number of nitrogens with one attached hydrogen (secondary N) is 2. The molecule has 0 radical (unpaired) electrons. The zero-order chi connectivity index (χ0) is 15.5. The van der Waals surface area contributed by atoms with E-state index < -0.39 is 23.8 Å². The molecule has 0 aromatic carbocycles. The van der Waals surface area contributed by atoms with E-state index in [-0.39, 0.29) is 12.5 Å². The minimum absolute atomic E-state index is 0.266. The molecule has 0 unspecified atom stereocenters. The quantitative estimate of drug-likeness (QED) is 0.862. The van der Waals surface area contributed by atoms with E-state index in [4.69, 9.17) is 0 Å². The summed E-state index contributed by atoms with van der Waals surface area (Å²) in [5.41, 5.74) is -1.05. The molecule has 1 aliphatic heterocycles. The monoisotopic (exact) mass is 304 g/mol. The van der Waals surface area contributed by atoms with Gasteiger partial charge >= 0.3 is 6.18 Å². The molecular formula is C12H15F3N4O2. The number of hydrogen-bond donors (Lipinski definition) is 2. The van der Waals surface area contributed by atoms with Crippen LogP contribution in [0.15, 0.2) is 12.3 Å². The van der Waals surface area contributed by atoms with Crippen molar-refractivity contribution >= 4 is 11.8 Å². The van der Waals surface area contributed by atoms with Gasteiger partial charge in [-0.2, -0.15) is 18.3 Å². The molecule has 2 amide bonds. The summed E-state index contributed by atoms with van der Waals surface area (Å²) >= 11 is 0. The smallest absolute Gasteiger partial charge is 0.354 e. The molecule has 1 fully saturated rings. The number of nitrogens with zero attached hydrogens (tertiary/aromatic N) is 2. The highest BCUT2D eigenvalue weighted by Gasteiger charge is 2.33. The topological polar surface area (TPSA) is 76.0 Å². The normalized spacial score (nSPS) is 19.8. The fourth-order valence-corrected chi connectivity index (χ4v) is 2.07. The van der Waals surface area contributed by atoms with Crippen LogP contribution < -0.4 is 10.6 Å².